The maximum absolute atomic E-state index is 12.3. The van der Waals surface area contributed by atoms with Crippen molar-refractivity contribution < 1.29 is 14.6 Å². The molecule has 2 fully saturated rings. The van der Waals surface area contributed by atoms with Crippen LogP contribution in [0.15, 0.2) is 24.3 Å². The molecule has 1 aromatic rings. The van der Waals surface area contributed by atoms with Crippen LogP contribution in [0.25, 0.3) is 0 Å². The molecule has 2 N–H and O–H groups in total. The van der Waals surface area contributed by atoms with Crippen LogP contribution in [0.1, 0.15) is 51.0 Å². The largest absolute Gasteiger partial charge is 0.491 e. The molecule has 2 heterocycles. The van der Waals surface area contributed by atoms with Crippen molar-refractivity contribution in [2.45, 2.75) is 63.6 Å². The number of likely N-dealkylation sites (tertiary alicyclic amines) is 1. The fraction of sp³-hybridized carbons (Fsp3) is 0.667. The average molecular weight is 429 g/mol. The highest BCUT2D eigenvalue weighted by atomic mass is 16.5. The second-order valence-corrected chi connectivity index (χ2v) is 8.79. The molecule has 0 spiro atoms. The van der Waals surface area contributed by atoms with Gasteiger partial charge in [-0.05, 0) is 43.5 Å². The average Bonchev–Trinajstić information content (AvgIpc) is 3.00. The Hall–Kier alpha value is -2.14. The van der Waals surface area contributed by atoms with Gasteiger partial charge in [0.05, 0.1) is 18.2 Å². The molecule has 3 unspecified atom stereocenters. The van der Waals surface area contributed by atoms with Crippen LogP contribution >= 0.6 is 0 Å². The third kappa shape index (κ3) is 7.20. The van der Waals surface area contributed by atoms with E-state index in [0.717, 1.165) is 38.9 Å². The molecule has 170 valence electrons. The normalized spacial score (nSPS) is 22.1. The first-order valence-electron chi connectivity index (χ1n) is 11.6. The number of nitriles is 1. The van der Waals surface area contributed by atoms with E-state index in [1.165, 1.54) is 19.3 Å². The number of hydrogen-bond acceptors (Lipinski definition) is 6. The number of rotatable bonds is 12. The van der Waals surface area contributed by atoms with Gasteiger partial charge in [0.15, 0.2) is 0 Å². The maximum Gasteiger partial charge on any atom is 0.234 e. The fourth-order valence-electron chi connectivity index (χ4n) is 4.66. The van der Waals surface area contributed by atoms with E-state index >= 15 is 0 Å². The number of benzene rings is 1. The number of aliphatic hydroxyl groups is 1. The minimum Gasteiger partial charge on any atom is -0.491 e. The van der Waals surface area contributed by atoms with Crippen LogP contribution in [0, 0.1) is 11.3 Å². The molecule has 0 aliphatic carbocycles. The third-order valence-corrected chi connectivity index (χ3v) is 6.28. The first-order chi connectivity index (χ1) is 15.1. The zero-order valence-corrected chi connectivity index (χ0v) is 18.6. The summed E-state index contributed by atoms with van der Waals surface area (Å²) in [6.07, 6.45) is 6.32. The summed E-state index contributed by atoms with van der Waals surface area (Å²) in [5.74, 6) is 0.784. The van der Waals surface area contributed by atoms with Gasteiger partial charge in [-0.15, -0.1) is 0 Å². The molecule has 2 bridgehead atoms. The van der Waals surface area contributed by atoms with Gasteiger partial charge in [0.2, 0.25) is 5.91 Å². The lowest BCUT2D eigenvalue weighted by atomic mass is 10.1. The fourth-order valence-corrected chi connectivity index (χ4v) is 4.66. The van der Waals surface area contributed by atoms with E-state index in [2.05, 4.69) is 28.1 Å². The van der Waals surface area contributed by atoms with Crippen LogP contribution in [-0.4, -0.2) is 78.3 Å². The van der Waals surface area contributed by atoms with Gasteiger partial charge < -0.3 is 15.2 Å². The number of unbranched alkanes of at least 4 members (excludes halogenated alkanes) is 3. The predicted octanol–water partition coefficient (Wildman–Crippen LogP) is 2.14. The predicted molar refractivity (Wildman–Crippen MR) is 120 cm³/mol. The lowest BCUT2D eigenvalue weighted by Crippen LogP contribution is -2.57. The molecule has 3 rings (SSSR count). The second kappa shape index (κ2) is 12.0. The Bertz CT molecular complexity index is 719. The van der Waals surface area contributed by atoms with Gasteiger partial charge in [-0.1, -0.05) is 26.2 Å². The molecular weight excluding hydrogens is 392 g/mol. The van der Waals surface area contributed by atoms with Crippen molar-refractivity contribution in [3.63, 3.8) is 0 Å². The Labute approximate surface area is 186 Å². The van der Waals surface area contributed by atoms with Gasteiger partial charge in [-0.25, -0.2) is 0 Å². The van der Waals surface area contributed by atoms with Gasteiger partial charge in [-0.2, -0.15) is 5.26 Å². The molecule has 1 aromatic carbocycles. The number of ether oxygens (including phenoxy) is 1. The van der Waals surface area contributed by atoms with Crippen molar-refractivity contribution in [3.8, 4) is 11.8 Å². The van der Waals surface area contributed by atoms with E-state index in [4.69, 9.17) is 10.00 Å². The van der Waals surface area contributed by atoms with Crippen molar-refractivity contribution in [2.24, 2.45) is 0 Å². The summed E-state index contributed by atoms with van der Waals surface area (Å²) < 4.78 is 5.69. The summed E-state index contributed by atoms with van der Waals surface area (Å²) in [4.78, 5) is 16.9. The number of nitrogens with one attached hydrogen (secondary N) is 1. The summed E-state index contributed by atoms with van der Waals surface area (Å²) in [7, 11) is 0. The number of carbonyl (C=O) groups excluding carboxylic acids is 1. The van der Waals surface area contributed by atoms with Gasteiger partial charge in [-0.3, -0.25) is 14.6 Å². The molecule has 2 aliphatic rings. The molecule has 2 aliphatic heterocycles. The van der Waals surface area contributed by atoms with E-state index in [9.17, 15) is 9.90 Å². The molecule has 7 nitrogen and oxygen atoms in total. The number of nitrogens with zero attached hydrogens (tertiary/aromatic N) is 3. The first-order valence-corrected chi connectivity index (χ1v) is 11.6. The third-order valence-electron chi connectivity index (χ3n) is 6.28. The zero-order valence-electron chi connectivity index (χ0n) is 18.6. The maximum atomic E-state index is 12.3. The number of carbonyl (C=O) groups is 1. The van der Waals surface area contributed by atoms with Crippen molar-refractivity contribution in [2.75, 3.05) is 39.3 Å². The smallest absolute Gasteiger partial charge is 0.234 e. The quantitative estimate of drug-likeness (QED) is 0.496. The van der Waals surface area contributed by atoms with Gasteiger partial charge >= 0.3 is 0 Å². The van der Waals surface area contributed by atoms with Gasteiger partial charge in [0, 0.05) is 38.3 Å². The lowest BCUT2D eigenvalue weighted by Gasteiger charge is -2.41. The van der Waals surface area contributed by atoms with Crippen molar-refractivity contribution in [1.82, 2.24) is 15.1 Å². The molecule has 2 saturated heterocycles. The summed E-state index contributed by atoms with van der Waals surface area (Å²) in [6, 6.07) is 9.79. The molecular formula is C24H36N4O3. The van der Waals surface area contributed by atoms with Crippen LogP contribution < -0.4 is 10.1 Å². The summed E-state index contributed by atoms with van der Waals surface area (Å²) >= 11 is 0. The van der Waals surface area contributed by atoms with Crippen LogP contribution in [0.2, 0.25) is 0 Å². The summed E-state index contributed by atoms with van der Waals surface area (Å²) in [6.45, 7) is 6.00. The van der Waals surface area contributed by atoms with Gasteiger partial charge in [0.1, 0.15) is 18.5 Å². The Morgan fingerprint density at radius 2 is 1.94 bits per heavy atom. The van der Waals surface area contributed by atoms with Crippen molar-refractivity contribution in [3.05, 3.63) is 29.8 Å². The number of fused-ring (bicyclic) bond motifs is 2. The van der Waals surface area contributed by atoms with Crippen molar-refractivity contribution >= 4 is 5.91 Å². The van der Waals surface area contributed by atoms with E-state index in [0.29, 0.717) is 36.5 Å². The molecule has 0 radical (unpaired) electrons. The van der Waals surface area contributed by atoms with Crippen LogP contribution in [-0.2, 0) is 4.79 Å². The molecule has 0 saturated carbocycles. The topological polar surface area (TPSA) is 88.8 Å². The first kappa shape index (κ1) is 23.5. The molecule has 31 heavy (non-hydrogen) atoms. The van der Waals surface area contributed by atoms with E-state index in [1.54, 1.807) is 24.3 Å². The van der Waals surface area contributed by atoms with Crippen LogP contribution in [0.4, 0.5) is 0 Å². The molecule has 0 aromatic heterocycles. The Morgan fingerprint density at radius 3 is 2.58 bits per heavy atom. The highest BCUT2D eigenvalue weighted by molar-refractivity contribution is 5.78. The highest BCUT2D eigenvalue weighted by Gasteiger charge is 2.40. The Kier molecular flexibility index (Phi) is 9.13. The number of amides is 1. The summed E-state index contributed by atoms with van der Waals surface area (Å²) in [5, 5.41) is 22.4. The minimum atomic E-state index is -0.572. The number of piperazine rings is 1. The standard InChI is InChI=1S/C24H36N4O3/c1-2-3-4-5-12-26-24(30)17-27-14-20-8-9-21(15-27)28(20)16-22(29)18-31-23-10-6-19(13-25)7-11-23/h6-7,10-11,20-22,29H,2-5,8-9,12,14-18H2,1H3,(H,26,30). The summed E-state index contributed by atoms with van der Waals surface area (Å²) in [5.41, 5.74) is 0.590. The van der Waals surface area contributed by atoms with Crippen LogP contribution in [0.3, 0.4) is 0 Å². The van der Waals surface area contributed by atoms with E-state index in [-0.39, 0.29) is 12.5 Å². The Balaban J connectivity index is 1.37. The van der Waals surface area contributed by atoms with Crippen LogP contribution in [0.5, 0.6) is 5.75 Å². The Morgan fingerprint density at radius 1 is 1.23 bits per heavy atom. The monoisotopic (exact) mass is 428 g/mol. The SMILES string of the molecule is CCCCCCNC(=O)CN1CC2CCC(C1)N2CC(O)COc1ccc(C#N)cc1. The number of hydrogen-bond donors (Lipinski definition) is 2. The van der Waals surface area contributed by atoms with Crippen molar-refractivity contribution in [1.29, 1.82) is 5.26 Å². The lowest BCUT2D eigenvalue weighted by molar-refractivity contribution is -0.123. The molecule has 3 atom stereocenters. The second-order valence-electron chi connectivity index (χ2n) is 8.79. The van der Waals surface area contributed by atoms with E-state index in [1.807, 2.05) is 0 Å². The minimum absolute atomic E-state index is 0.125. The number of aliphatic hydroxyl groups excluding tert-OH is 1. The molecule has 7 heteroatoms. The zero-order chi connectivity index (χ0) is 22.1. The van der Waals surface area contributed by atoms with Gasteiger partial charge in [0.25, 0.3) is 0 Å². The van der Waals surface area contributed by atoms with E-state index < -0.39 is 6.10 Å². The molecule has 1 amide bonds. The highest BCUT2D eigenvalue weighted by Crippen LogP contribution is 2.30.